The Balaban J connectivity index is 1.74. The zero-order chi connectivity index (χ0) is 19.3. The van der Waals surface area contributed by atoms with Crippen molar-refractivity contribution in [1.82, 2.24) is 25.2 Å². The van der Waals surface area contributed by atoms with Gasteiger partial charge >= 0.3 is 0 Å². The fourth-order valence-electron chi connectivity index (χ4n) is 3.92. The minimum atomic E-state index is -0.128. The van der Waals surface area contributed by atoms with E-state index in [9.17, 15) is 9.59 Å². The third-order valence-corrected chi connectivity index (χ3v) is 5.31. The molecule has 0 spiro atoms. The summed E-state index contributed by atoms with van der Waals surface area (Å²) in [6.07, 6.45) is 2.26. The van der Waals surface area contributed by atoms with Gasteiger partial charge < -0.3 is 20.5 Å². The monoisotopic (exact) mass is 376 g/mol. The fourth-order valence-corrected chi connectivity index (χ4v) is 3.92. The molecule has 28 heavy (non-hydrogen) atoms. The second-order valence-corrected chi connectivity index (χ2v) is 7.20. The first-order valence-corrected chi connectivity index (χ1v) is 9.38. The maximum atomic E-state index is 12.4. The number of benzene rings is 1. The predicted molar refractivity (Wildman–Crippen MR) is 105 cm³/mol. The van der Waals surface area contributed by atoms with Crippen molar-refractivity contribution in [2.24, 2.45) is 0 Å². The lowest BCUT2D eigenvalue weighted by molar-refractivity contribution is -0.121. The number of hydrogen-bond acceptors (Lipinski definition) is 5. The van der Waals surface area contributed by atoms with Gasteiger partial charge in [0.1, 0.15) is 11.5 Å². The molecule has 0 unspecified atom stereocenters. The lowest BCUT2D eigenvalue weighted by Gasteiger charge is -2.26. The van der Waals surface area contributed by atoms with E-state index in [-0.39, 0.29) is 17.9 Å². The van der Waals surface area contributed by atoms with E-state index in [0.29, 0.717) is 37.6 Å². The molecular weight excluding hydrogens is 356 g/mol. The Kier molecular flexibility index (Phi) is 3.78. The molecule has 2 amide bonds. The van der Waals surface area contributed by atoms with E-state index in [2.05, 4.69) is 20.9 Å². The number of aryl methyl sites for hydroxylation is 1. The summed E-state index contributed by atoms with van der Waals surface area (Å²) < 4.78 is 1.92. The van der Waals surface area contributed by atoms with Gasteiger partial charge in [-0.15, -0.1) is 0 Å². The van der Waals surface area contributed by atoms with E-state index in [0.717, 1.165) is 27.9 Å². The molecule has 4 bridgehead atoms. The Morgan fingerprint density at radius 1 is 1.11 bits per heavy atom. The van der Waals surface area contributed by atoms with E-state index in [4.69, 9.17) is 4.98 Å². The van der Waals surface area contributed by atoms with Crippen LogP contribution in [-0.4, -0.2) is 46.0 Å². The number of carbonyl (C=O) groups excluding carboxylic acids is 2. The molecule has 142 valence electrons. The van der Waals surface area contributed by atoms with Gasteiger partial charge in [0.2, 0.25) is 5.91 Å². The van der Waals surface area contributed by atoms with E-state index in [1.807, 2.05) is 42.0 Å². The normalized spacial score (nSPS) is 19.0. The van der Waals surface area contributed by atoms with Crippen molar-refractivity contribution >= 4 is 28.7 Å². The Morgan fingerprint density at radius 2 is 1.96 bits per heavy atom. The van der Waals surface area contributed by atoms with Crippen molar-refractivity contribution in [2.45, 2.75) is 19.4 Å². The lowest BCUT2D eigenvalue weighted by Crippen LogP contribution is -2.41. The summed E-state index contributed by atoms with van der Waals surface area (Å²) in [5, 5.41) is 9.09. The van der Waals surface area contributed by atoms with Gasteiger partial charge in [0.05, 0.1) is 22.8 Å². The lowest BCUT2D eigenvalue weighted by atomic mass is 10.1. The molecule has 3 N–H and O–H groups in total. The second-order valence-electron chi connectivity index (χ2n) is 7.20. The van der Waals surface area contributed by atoms with Crippen LogP contribution in [0.1, 0.15) is 28.6 Å². The first-order valence-electron chi connectivity index (χ1n) is 9.38. The van der Waals surface area contributed by atoms with Crippen LogP contribution in [0.5, 0.6) is 0 Å². The highest BCUT2D eigenvalue weighted by molar-refractivity contribution is 5.98. The maximum absolute atomic E-state index is 12.4. The van der Waals surface area contributed by atoms with Gasteiger partial charge in [-0.1, -0.05) is 12.1 Å². The van der Waals surface area contributed by atoms with Crippen LogP contribution in [0, 0.1) is 6.92 Å². The molecule has 5 rings (SSSR count). The predicted octanol–water partition coefficient (Wildman–Crippen LogP) is 1.62. The van der Waals surface area contributed by atoms with Gasteiger partial charge in [0, 0.05) is 43.4 Å². The van der Waals surface area contributed by atoms with Crippen LogP contribution in [0.4, 0.5) is 5.82 Å². The van der Waals surface area contributed by atoms with Gasteiger partial charge in [-0.25, -0.2) is 9.97 Å². The van der Waals surface area contributed by atoms with Gasteiger partial charge in [-0.2, -0.15) is 0 Å². The van der Waals surface area contributed by atoms with Gasteiger partial charge in [0.15, 0.2) is 0 Å². The van der Waals surface area contributed by atoms with Crippen LogP contribution >= 0.6 is 0 Å². The third kappa shape index (κ3) is 2.69. The van der Waals surface area contributed by atoms with Crippen molar-refractivity contribution in [3.63, 3.8) is 0 Å². The Morgan fingerprint density at radius 3 is 2.86 bits per heavy atom. The molecule has 0 radical (unpaired) electrons. The molecule has 0 aliphatic carbocycles. The summed E-state index contributed by atoms with van der Waals surface area (Å²) in [6.45, 7) is 3.40. The molecule has 2 aliphatic heterocycles. The van der Waals surface area contributed by atoms with Crippen LogP contribution in [0.2, 0.25) is 0 Å². The minimum Gasteiger partial charge on any atom is -0.367 e. The fraction of sp³-hybridized carbons (Fsp3) is 0.300. The number of fused-ring (bicyclic) bond motifs is 3. The number of para-hydroxylation sites is 1. The smallest absolute Gasteiger partial charge is 0.268 e. The molecule has 0 saturated heterocycles. The van der Waals surface area contributed by atoms with Gasteiger partial charge in [-0.05, 0) is 19.1 Å². The van der Waals surface area contributed by atoms with E-state index in [1.165, 1.54) is 0 Å². The van der Waals surface area contributed by atoms with Crippen LogP contribution in [0.25, 0.3) is 22.2 Å². The zero-order valence-corrected chi connectivity index (χ0v) is 15.5. The highest BCUT2D eigenvalue weighted by Gasteiger charge is 2.28. The average molecular weight is 376 g/mol. The van der Waals surface area contributed by atoms with Crippen LogP contribution in [-0.2, 0) is 4.79 Å². The number of nitrogens with zero attached hydrogens (tertiary/aromatic N) is 3. The summed E-state index contributed by atoms with van der Waals surface area (Å²) in [6, 6.07) is 7.63. The number of anilines is 1. The summed E-state index contributed by atoms with van der Waals surface area (Å²) in [5.74, 6) is 0.530. The highest BCUT2D eigenvalue weighted by Crippen LogP contribution is 2.32. The first kappa shape index (κ1) is 16.7. The SMILES string of the molecule is Cc1nc2cccc3c2nc1NCCNC(=O)C[C@H]1CNC(=O)c2cc-3cn21. The van der Waals surface area contributed by atoms with E-state index < -0.39 is 0 Å². The van der Waals surface area contributed by atoms with Crippen molar-refractivity contribution < 1.29 is 9.59 Å². The molecule has 8 nitrogen and oxygen atoms in total. The Bertz CT molecular complexity index is 1120. The van der Waals surface area contributed by atoms with Crippen LogP contribution in [0.15, 0.2) is 30.5 Å². The molecule has 1 aromatic carbocycles. The minimum absolute atomic E-state index is 0.0418. The number of aromatic nitrogens is 3. The standard InChI is InChI=1S/C20H20N6O2/c1-11-19-22-6-5-21-17(27)8-13-9-23-20(28)16-7-12(10-26(13)16)14-3-2-4-15(24-11)18(14)25-19/h2-4,7,10,13H,5-6,8-9H2,1H3,(H,21,27)(H,22,25)(H,23,28)/t13-/m0/s1. The van der Waals surface area contributed by atoms with Crippen LogP contribution in [0.3, 0.4) is 0 Å². The molecule has 1 atom stereocenters. The van der Waals surface area contributed by atoms with Gasteiger partial charge in [0.25, 0.3) is 5.91 Å². The largest absolute Gasteiger partial charge is 0.367 e. The van der Waals surface area contributed by atoms with Gasteiger partial charge in [-0.3, -0.25) is 9.59 Å². The molecule has 4 heterocycles. The van der Waals surface area contributed by atoms with E-state index in [1.54, 1.807) is 0 Å². The van der Waals surface area contributed by atoms with Crippen molar-refractivity contribution in [3.8, 4) is 11.1 Å². The number of nitrogens with one attached hydrogen (secondary N) is 3. The number of hydrogen-bond donors (Lipinski definition) is 3. The topological polar surface area (TPSA) is 101 Å². The van der Waals surface area contributed by atoms with Crippen LogP contribution < -0.4 is 16.0 Å². The first-order chi connectivity index (χ1) is 13.6. The maximum Gasteiger partial charge on any atom is 0.268 e. The van der Waals surface area contributed by atoms with Crippen molar-refractivity contribution in [2.75, 3.05) is 25.0 Å². The molecule has 0 fully saturated rings. The molecule has 2 aromatic heterocycles. The molecular formula is C20H20N6O2. The van der Waals surface area contributed by atoms with E-state index >= 15 is 0 Å². The molecule has 2 aliphatic rings. The molecule has 3 aromatic rings. The Labute approximate surface area is 161 Å². The number of carbonyl (C=O) groups is 2. The summed E-state index contributed by atoms with van der Waals surface area (Å²) >= 11 is 0. The van der Waals surface area contributed by atoms with Crippen molar-refractivity contribution in [1.29, 1.82) is 0 Å². The summed E-state index contributed by atoms with van der Waals surface area (Å²) in [7, 11) is 0. The third-order valence-electron chi connectivity index (χ3n) is 5.31. The molecule has 0 saturated carbocycles. The zero-order valence-electron chi connectivity index (χ0n) is 15.5. The highest BCUT2D eigenvalue weighted by atomic mass is 16.2. The number of amides is 2. The Hall–Kier alpha value is -3.42. The van der Waals surface area contributed by atoms with Crippen molar-refractivity contribution in [3.05, 3.63) is 41.9 Å². The number of rotatable bonds is 0. The summed E-state index contributed by atoms with van der Waals surface area (Å²) in [4.78, 5) is 34.2. The second kappa shape index (κ2) is 6.33. The molecule has 8 heteroatoms. The quantitative estimate of drug-likeness (QED) is 0.554. The summed E-state index contributed by atoms with van der Waals surface area (Å²) in [5.41, 5.74) is 4.78. The average Bonchev–Trinajstić information content (AvgIpc) is 3.13.